The molecule has 2 fully saturated rings. The highest BCUT2D eigenvalue weighted by atomic mass is 16.3. The molecule has 0 unspecified atom stereocenters. The van der Waals surface area contributed by atoms with Crippen LogP contribution >= 0.6 is 0 Å². The maximum Gasteiger partial charge on any atom is 0.224 e. The molecular weight excluding hydrogens is 524 g/mol. The summed E-state index contributed by atoms with van der Waals surface area (Å²) in [6.45, 7) is 6.53. The second kappa shape index (κ2) is 12.4. The van der Waals surface area contributed by atoms with Gasteiger partial charge in [-0.15, -0.1) is 0 Å². The Hall–Kier alpha value is -3.55. The van der Waals surface area contributed by atoms with Gasteiger partial charge in [-0.2, -0.15) is 0 Å². The fraction of sp³-hybridized carbons (Fsp3) is 0.457. The Kier molecular flexibility index (Phi) is 8.81. The van der Waals surface area contributed by atoms with Crippen LogP contribution in [0.25, 0.3) is 22.4 Å². The Bertz CT molecular complexity index is 1390. The quantitative estimate of drug-likeness (QED) is 0.282. The van der Waals surface area contributed by atoms with E-state index in [-0.39, 0.29) is 11.8 Å². The summed E-state index contributed by atoms with van der Waals surface area (Å²) in [4.78, 5) is 32.2. The van der Waals surface area contributed by atoms with E-state index in [1.165, 1.54) is 0 Å². The highest BCUT2D eigenvalue weighted by Gasteiger charge is 2.49. The average Bonchev–Trinajstić information content (AvgIpc) is 2.97. The van der Waals surface area contributed by atoms with Crippen molar-refractivity contribution in [3.63, 3.8) is 0 Å². The fourth-order valence-corrected chi connectivity index (χ4v) is 7.05. The average molecular weight is 569 g/mol. The predicted molar refractivity (Wildman–Crippen MR) is 168 cm³/mol. The van der Waals surface area contributed by atoms with Crippen molar-refractivity contribution >= 4 is 17.5 Å². The lowest BCUT2D eigenvalue weighted by Gasteiger charge is -2.49. The summed E-state index contributed by atoms with van der Waals surface area (Å²) in [5, 5.41) is 13.3. The SMILES string of the molecule is CCC(=O)N(CC)C1CCC(CC(=O)Nc2cnc(-c3ccc(C4(N)CC(C)(O)C4)cc3)c(-c3ccccc3)c2)CC1. The molecule has 7 nitrogen and oxygen atoms in total. The lowest BCUT2D eigenvalue weighted by atomic mass is 9.63. The zero-order chi connectivity index (χ0) is 29.9. The number of nitrogens with one attached hydrogen (secondary N) is 1. The van der Waals surface area contributed by atoms with Crippen molar-refractivity contribution in [2.45, 2.75) is 89.3 Å². The van der Waals surface area contributed by atoms with Gasteiger partial charge in [-0.3, -0.25) is 14.6 Å². The van der Waals surface area contributed by atoms with Gasteiger partial charge in [0.1, 0.15) is 0 Å². The van der Waals surface area contributed by atoms with Gasteiger partial charge in [-0.05, 0) is 75.5 Å². The van der Waals surface area contributed by atoms with Gasteiger partial charge in [0, 0.05) is 42.1 Å². The monoisotopic (exact) mass is 568 g/mol. The standard InChI is InChI=1S/C35H44N4O3/c1-4-32(41)39(5-2)29-17-11-24(12-18-29)19-31(40)38-28-20-30(25-9-7-6-8-10-25)33(37-21-28)26-13-15-27(16-14-26)35(36)22-34(3,42)23-35/h6-10,13-16,20-21,24,29,42H,4-5,11-12,17-19,22-23,36H2,1-3H3,(H,38,40). The van der Waals surface area contributed by atoms with Crippen molar-refractivity contribution in [3.8, 4) is 22.4 Å². The molecule has 2 aliphatic rings. The van der Waals surface area contributed by atoms with Crippen LogP contribution in [0.2, 0.25) is 0 Å². The van der Waals surface area contributed by atoms with E-state index in [9.17, 15) is 14.7 Å². The summed E-state index contributed by atoms with van der Waals surface area (Å²) in [5.41, 5.74) is 10.8. The van der Waals surface area contributed by atoms with E-state index in [0.29, 0.717) is 43.3 Å². The number of aromatic nitrogens is 1. The topological polar surface area (TPSA) is 109 Å². The molecule has 222 valence electrons. The number of rotatable bonds is 9. The molecule has 1 heterocycles. The van der Waals surface area contributed by atoms with Gasteiger partial charge in [-0.25, -0.2) is 0 Å². The third-order valence-electron chi connectivity index (χ3n) is 9.08. The highest BCUT2D eigenvalue weighted by Crippen LogP contribution is 2.46. The first kappa shape index (κ1) is 29.9. The molecule has 2 aromatic carbocycles. The molecule has 5 rings (SSSR count). The number of anilines is 1. The minimum absolute atomic E-state index is 0.00188. The first-order chi connectivity index (χ1) is 20.1. The Morgan fingerprint density at radius 3 is 2.26 bits per heavy atom. The summed E-state index contributed by atoms with van der Waals surface area (Å²) in [7, 11) is 0. The minimum atomic E-state index is -0.708. The second-order valence-electron chi connectivity index (χ2n) is 12.5. The molecule has 42 heavy (non-hydrogen) atoms. The van der Waals surface area contributed by atoms with Crippen molar-refractivity contribution in [3.05, 3.63) is 72.4 Å². The largest absolute Gasteiger partial charge is 0.390 e. The number of amides is 2. The molecule has 7 heteroatoms. The van der Waals surface area contributed by atoms with Crippen LogP contribution in [-0.4, -0.2) is 45.0 Å². The Balaban J connectivity index is 1.28. The first-order valence-corrected chi connectivity index (χ1v) is 15.4. The number of nitrogens with zero attached hydrogens (tertiary/aromatic N) is 2. The van der Waals surface area contributed by atoms with Crippen molar-refractivity contribution < 1.29 is 14.7 Å². The van der Waals surface area contributed by atoms with E-state index in [1.54, 1.807) is 6.20 Å². The van der Waals surface area contributed by atoms with E-state index in [2.05, 4.69) is 5.32 Å². The molecule has 0 radical (unpaired) electrons. The molecular formula is C35H44N4O3. The Labute approximate surface area is 249 Å². The molecule has 0 saturated heterocycles. The number of pyridine rings is 1. The van der Waals surface area contributed by atoms with Gasteiger partial charge in [0.15, 0.2) is 0 Å². The predicted octanol–water partition coefficient (Wildman–Crippen LogP) is 6.26. The van der Waals surface area contributed by atoms with Gasteiger partial charge in [0.05, 0.1) is 23.2 Å². The minimum Gasteiger partial charge on any atom is -0.390 e. The van der Waals surface area contributed by atoms with E-state index in [0.717, 1.165) is 60.2 Å². The summed E-state index contributed by atoms with van der Waals surface area (Å²) < 4.78 is 0. The van der Waals surface area contributed by atoms with Gasteiger partial charge in [-0.1, -0.05) is 61.5 Å². The van der Waals surface area contributed by atoms with Crippen LogP contribution in [0, 0.1) is 5.92 Å². The number of hydrogen-bond acceptors (Lipinski definition) is 5. The maximum atomic E-state index is 13.1. The molecule has 3 aromatic rings. The molecule has 2 saturated carbocycles. The second-order valence-corrected chi connectivity index (χ2v) is 12.5. The summed E-state index contributed by atoms with van der Waals surface area (Å²) >= 11 is 0. The van der Waals surface area contributed by atoms with Gasteiger partial charge >= 0.3 is 0 Å². The number of nitrogens with two attached hydrogens (primary N) is 1. The van der Waals surface area contributed by atoms with Crippen LogP contribution < -0.4 is 11.1 Å². The summed E-state index contributed by atoms with van der Waals surface area (Å²) in [5.74, 6) is 0.537. The normalized spacial score (nSPS) is 25.4. The molecule has 2 aliphatic carbocycles. The number of benzene rings is 2. The van der Waals surface area contributed by atoms with Gasteiger partial charge < -0.3 is 21.1 Å². The van der Waals surface area contributed by atoms with Crippen LogP contribution in [0.5, 0.6) is 0 Å². The Morgan fingerprint density at radius 1 is 1.00 bits per heavy atom. The fourth-order valence-electron chi connectivity index (χ4n) is 7.05. The number of hydrogen-bond donors (Lipinski definition) is 3. The Morgan fingerprint density at radius 2 is 1.67 bits per heavy atom. The molecule has 0 atom stereocenters. The molecule has 0 bridgehead atoms. The van der Waals surface area contributed by atoms with Gasteiger partial charge in [0.25, 0.3) is 0 Å². The van der Waals surface area contributed by atoms with Crippen molar-refractivity contribution in [1.82, 2.24) is 9.88 Å². The smallest absolute Gasteiger partial charge is 0.224 e. The number of aliphatic hydroxyl groups is 1. The van der Waals surface area contributed by atoms with Crippen LogP contribution in [0.3, 0.4) is 0 Å². The summed E-state index contributed by atoms with van der Waals surface area (Å²) in [6, 6.07) is 20.5. The van der Waals surface area contributed by atoms with E-state index < -0.39 is 11.1 Å². The van der Waals surface area contributed by atoms with Crippen LogP contribution in [-0.2, 0) is 15.1 Å². The van der Waals surface area contributed by atoms with Gasteiger partial charge in [0.2, 0.25) is 11.8 Å². The first-order valence-electron chi connectivity index (χ1n) is 15.4. The van der Waals surface area contributed by atoms with Crippen molar-refractivity contribution in [1.29, 1.82) is 0 Å². The lowest BCUT2D eigenvalue weighted by molar-refractivity contribution is -0.134. The van der Waals surface area contributed by atoms with Crippen LogP contribution in [0.1, 0.15) is 77.7 Å². The lowest BCUT2D eigenvalue weighted by Crippen LogP contribution is -2.58. The molecule has 1 aromatic heterocycles. The van der Waals surface area contributed by atoms with E-state index in [1.807, 2.05) is 86.3 Å². The highest BCUT2D eigenvalue weighted by molar-refractivity contribution is 5.93. The van der Waals surface area contributed by atoms with Crippen molar-refractivity contribution in [2.75, 3.05) is 11.9 Å². The zero-order valence-electron chi connectivity index (χ0n) is 25.1. The third kappa shape index (κ3) is 6.58. The maximum absolute atomic E-state index is 13.1. The zero-order valence-corrected chi connectivity index (χ0v) is 25.1. The molecule has 2 amide bonds. The van der Waals surface area contributed by atoms with Crippen LogP contribution in [0.15, 0.2) is 66.9 Å². The van der Waals surface area contributed by atoms with E-state index >= 15 is 0 Å². The number of carbonyl (C=O) groups is 2. The molecule has 4 N–H and O–H groups in total. The molecule has 0 spiro atoms. The third-order valence-corrected chi connectivity index (χ3v) is 9.08. The van der Waals surface area contributed by atoms with E-state index in [4.69, 9.17) is 10.7 Å². The number of carbonyl (C=O) groups excluding carboxylic acids is 2. The summed E-state index contributed by atoms with van der Waals surface area (Å²) in [6.07, 6.45) is 7.64. The van der Waals surface area contributed by atoms with Crippen LogP contribution in [0.4, 0.5) is 5.69 Å². The molecule has 0 aliphatic heterocycles. The van der Waals surface area contributed by atoms with Crippen molar-refractivity contribution in [2.24, 2.45) is 11.7 Å².